The van der Waals surface area contributed by atoms with Crippen LogP contribution in [0.5, 0.6) is 0 Å². The van der Waals surface area contributed by atoms with Gasteiger partial charge in [0.25, 0.3) is 0 Å². The van der Waals surface area contributed by atoms with E-state index < -0.39 is 0 Å². The second kappa shape index (κ2) is 7.38. The zero-order valence-electron chi connectivity index (χ0n) is 13.1. The van der Waals surface area contributed by atoms with Gasteiger partial charge in [-0.15, -0.1) is 0 Å². The van der Waals surface area contributed by atoms with Gasteiger partial charge in [0.05, 0.1) is 18.3 Å². The van der Waals surface area contributed by atoms with Crippen molar-refractivity contribution in [3.8, 4) is 0 Å². The molecule has 0 aliphatic carbocycles. The quantitative estimate of drug-likeness (QED) is 0.850. The highest BCUT2D eigenvalue weighted by Gasteiger charge is 2.23. The monoisotopic (exact) mass is 293 g/mol. The lowest BCUT2D eigenvalue weighted by Crippen LogP contribution is -2.42. The minimum atomic E-state index is 0.328. The maximum Gasteiger partial charge on any atom is 0.150 e. The van der Waals surface area contributed by atoms with Crippen molar-refractivity contribution in [1.82, 2.24) is 15.0 Å². The van der Waals surface area contributed by atoms with Crippen LogP contribution in [0.25, 0.3) is 0 Å². The summed E-state index contributed by atoms with van der Waals surface area (Å²) >= 11 is 0. The maximum absolute atomic E-state index is 6.05. The molecule has 0 N–H and O–H groups in total. The van der Waals surface area contributed by atoms with Gasteiger partial charge in [-0.05, 0) is 39.3 Å². The number of piperidine rings is 1. The lowest BCUT2D eigenvalue weighted by Gasteiger charge is -2.31. The molecule has 0 spiro atoms. The van der Waals surface area contributed by atoms with Gasteiger partial charge in [0.1, 0.15) is 0 Å². The van der Waals surface area contributed by atoms with Crippen LogP contribution >= 0.6 is 0 Å². The van der Waals surface area contributed by atoms with Gasteiger partial charge in [-0.3, -0.25) is 4.90 Å². The van der Waals surface area contributed by atoms with Crippen molar-refractivity contribution < 1.29 is 9.26 Å². The van der Waals surface area contributed by atoms with E-state index in [0.717, 1.165) is 50.7 Å². The molecule has 0 amide bonds. The fourth-order valence-electron chi connectivity index (χ4n) is 3.37. The van der Waals surface area contributed by atoms with Gasteiger partial charge in [0, 0.05) is 32.3 Å². The molecule has 0 bridgehead atoms. The zero-order chi connectivity index (χ0) is 14.5. The first-order valence-electron chi connectivity index (χ1n) is 8.28. The van der Waals surface area contributed by atoms with E-state index in [1.807, 2.05) is 13.0 Å². The number of hydrogen-bond acceptors (Lipinski definition) is 5. The average molecular weight is 293 g/mol. The molecule has 118 valence electrons. The van der Waals surface area contributed by atoms with Crippen LogP contribution in [0.3, 0.4) is 0 Å². The highest BCUT2D eigenvalue weighted by molar-refractivity contribution is 5.03. The second-order valence-electron chi connectivity index (χ2n) is 6.38. The summed E-state index contributed by atoms with van der Waals surface area (Å²) in [7, 11) is 0. The van der Waals surface area contributed by atoms with E-state index in [1.165, 1.54) is 32.4 Å². The van der Waals surface area contributed by atoms with Crippen LogP contribution < -0.4 is 0 Å². The Labute approximate surface area is 127 Å². The Kier molecular flexibility index (Phi) is 5.27. The Morgan fingerprint density at radius 1 is 1.14 bits per heavy atom. The van der Waals surface area contributed by atoms with Crippen molar-refractivity contribution >= 4 is 0 Å². The van der Waals surface area contributed by atoms with Crippen LogP contribution in [0.1, 0.15) is 37.1 Å². The molecule has 3 heterocycles. The van der Waals surface area contributed by atoms with Gasteiger partial charge >= 0.3 is 0 Å². The predicted octanol–water partition coefficient (Wildman–Crippen LogP) is 2.06. The largest absolute Gasteiger partial charge is 0.376 e. The van der Waals surface area contributed by atoms with Gasteiger partial charge in [-0.25, -0.2) is 0 Å². The van der Waals surface area contributed by atoms with Crippen molar-refractivity contribution in [2.75, 3.05) is 39.3 Å². The number of ether oxygens (including phenoxy) is 1. The van der Waals surface area contributed by atoms with E-state index in [1.54, 1.807) is 0 Å². The van der Waals surface area contributed by atoms with Crippen LogP contribution in [-0.2, 0) is 11.3 Å². The minimum Gasteiger partial charge on any atom is -0.376 e. The summed E-state index contributed by atoms with van der Waals surface area (Å²) in [6.45, 7) is 9.32. The van der Waals surface area contributed by atoms with E-state index in [9.17, 15) is 0 Å². The average Bonchev–Trinajstić information content (AvgIpc) is 2.76. The summed E-state index contributed by atoms with van der Waals surface area (Å²) in [5, 5.41) is 3.98. The first-order chi connectivity index (χ1) is 10.3. The molecule has 2 aliphatic rings. The van der Waals surface area contributed by atoms with Crippen LogP contribution in [0.4, 0.5) is 0 Å². The van der Waals surface area contributed by atoms with Gasteiger partial charge in [0.2, 0.25) is 0 Å². The van der Waals surface area contributed by atoms with Gasteiger partial charge in [-0.2, -0.15) is 0 Å². The Morgan fingerprint density at radius 2 is 1.95 bits per heavy atom. The Bertz CT molecular complexity index is 429. The molecular weight excluding hydrogens is 266 g/mol. The first kappa shape index (κ1) is 15.0. The first-order valence-corrected chi connectivity index (χ1v) is 8.28. The van der Waals surface area contributed by atoms with Crippen LogP contribution in [0.2, 0.25) is 0 Å². The molecule has 21 heavy (non-hydrogen) atoms. The van der Waals surface area contributed by atoms with Crippen LogP contribution in [0.15, 0.2) is 10.6 Å². The third kappa shape index (κ3) is 4.53. The van der Waals surface area contributed by atoms with Gasteiger partial charge in [0.15, 0.2) is 5.76 Å². The number of nitrogens with zero attached hydrogens (tertiary/aromatic N) is 3. The SMILES string of the molecule is Cc1cc(CN2CCCOC(CN3CCCCC3)C2)on1. The molecule has 3 rings (SSSR count). The molecule has 5 nitrogen and oxygen atoms in total. The zero-order valence-corrected chi connectivity index (χ0v) is 13.1. The highest BCUT2D eigenvalue weighted by Crippen LogP contribution is 2.15. The fraction of sp³-hybridized carbons (Fsp3) is 0.812. The molecule has 1 aromatic rings. The van der Waals surface area contributed by atoms with E-state index in [2.05, 4.69) is 15.0 Å². The lowest BCUT2D eigenvalue weighted by molar-refractivity contribution is 0.0209. The molecule has 2 aliphatic heterocycles. The number of aromatic nitrogens is 1. The molecular formula is C16H27N3O2. The molecule has 1 atom stereocenters. The minimum absolute atomic E-state index is 0.328. The van der Waals surface area contributed by atoms with Gasteiger partial charge < -0.3 is 14.2 Å². The Hall–Kier alpha value is -0.910. The standard InChI is InChI=1S/C16H27N3O2/c1-14-10-15(21-17-14)11-19-8-5-9-20-16(13-19)12-18-6-3-2-4-7-18/h10,16H,2-9,11-13H2,1H3. The molecule has 1 aromatic heterocycles. The van der Waals surface area contributed by atoms with Crippen molar-refractivity contribution in [3.05, 3.63) is 17.5 Å². The summed E-state index contributed by atoms with van der Waals surface area (Å²) in [6.07, 6.45) is 5.50. The number of hydrogen-bond donors (Lipinski definition) is 0. The van der Waals surface area contributed by atoms with Crippen molar-refractivity contribution in [2.24, 2.45) is 0 Å². The van der Waals surface area contributed by atoms with E-state index in [-0.39, 0.29) is 0 Å². The highest BCUT2D eigenvalue weighted by atomic mass is 16.5. The maximum atomic E-state index is 6.05. The second-order valence-corrected chi connectivity index (χ2v) is 6.38. The molecule has 2 saturated heterocycles. The molecule has 5 heteroatoms. The molecule has 0 aromatic carbocycles. The topological polar surface area (TPSA) is 41.7 Å². The van der Waals surface area contributed by atoms with Crippen molar-refractivity contribution in [3.63, 3.8) is 0 Å². The molecule has 0 radical (unpaired) electrons. The van der Waals surface area contributed by atoms with Crippen LogP contribution in [-0.4, -0.2) is 60.4 Å². The molecule has 2 fully saturated rings. The van der Waals surface area contributed by atoms with E-state index in [0.29, 0.717) is 6.10 Å². The molecule has 0 saturated carbocycles. The lowest BCUT2D eigenvalue weighted by atomic mass is 10.1. The Balaban J connectivity index is 1.52. The summed E-state index contributed by atoms with van der Waals surface area (Å²) in [5.74, 6) is 0.964. The fourth-order valence-corrected chi connectivity index (χ4v) is 3.37. The van der Waals surface area contributed by atoms with E-state index >= 15 is 0 Å². The van der Waals surface area contributed by atoms with Crippen molar-refractivity contribution in [2.45, 2.75) is 45.3 Å². The smallest absolute Gasteiger partial charge is 0.150 e. The molecule has 1 unspecified atom stereocenters. The summed E-state index contributed by atoms with van der Waals surface area (Å²) in [5.41, 5.74) is 0.959. The van der Waals surface area contributed by atoms with E-state index in [4.69, 9.17) is 9.26 Å². The summed E-state index contributed by atoms with van der Waals surface area (Å²) < 4.78 is 11.4. The summed E-state index contributed by atoms with van der Waals surface area (Å²) in [6, 6.07) is 2.03. The van der Waals surface area contributed by atoms with Crippen molar-refractivity contribution in [1.29, 1.82) is 0 Å². The van der Waals surface area contributed by atoms with Crippen LogP contribution in [0, 0.1) is 6.92 Å². The summed E-state index contributed by atoms with van der Waals surface area (Å²) in [4.78, 5) is 5.01. The Morgan fingerprint density at radius 3 is 2.71 bits per heavy atom. The third-order valence-electron chi connectivity index (χ3n) is 4.40. The van der Waals surface area contributed by atoms with Gasteiger partial charge in [-0.1, -0.05) is 11.6 Å². The third-order valence-corrected chi connectivity index (χ3v) is 4.40. The number of rotatable bonds is 4. The number of likely N-dealkylation sites (tertiary alicyclic amines) is 1. The normalized spacial score (nSPS) is 25.9. The predicted molar refractivity (Wildman–Crippen MR) is 81.2 cm³/mol. The number of aryl methyl sites for hydroxylation is 1.